The summed E-state index contributed by atoms with van der Waals surface area (Å²) in [6, 6.07) is 11.7. The predicted octanol–water partition coefficient (Wildman–Crippen LogP) is 3.59. The monoisotopic (exact) mass is 298 g/mol. The van der Waals surface area contributed by atoms with Crippen molar-refractivity contribution in [1.29, 1.82) is 0 Å². The molecule has 0 spiro atoms. The second kappa shape index (κ2) is 6.09. The van der Waals surface area contributed by atoms with E-state index < -0.39 is 0 Å². The molecular weight excluding hydrogens is 284 g/mol. The van der Waals surface area contributed by atoms with Gasteiger partial charge in [0.2, 0.25) is 0 Å². The van der Waals surface area contributed by atoms with E-state index in [1.165, 1.54) is 11.9 Å². The number of aromatic nitrogens is 2. The van der Waals surface area contributed by atoms with Crippen molar-refractivity contribution >= 4 is 28.5 Å². The van der Waals surface area contributed by atoms with Crippen LogP contribution in [0.15, 0.2) is 55.0 Å². The van der Waals surface area contributed by atoms with Gasteiger partial charge in [-0.2, -0.15) is 0 Å². The van der Waals surface area contributed by atoms with Crippen LogP contribution in [-0.4, -0.2) is 26.0 Å². The molecule has 0 radical (unpaired) electrons. The zero-order valence-corrected chi connectivity index (χ0v) is 12.2. The lowest BCUT2D eigenvalue weighted by Crippen LogP contribution is -2.17. The lowest BCUT2D eigenvalue weighted by Gasteiger charge is -2.16. The number of anilines is 1. The number of hydrogen-bond donors (Lipinski definition) is 2. The molecule has 0 saturated heterocycles. The first-order valence-electron chi connectivity index (χ1n) is 6.37. The Bertz CT molecular complexity index is 751. The van der Waals surface area contributed by atoms with E-state index in [1.54, 1.807) is 18.6 Å². The van der Waals surface area contributed by atoms with Crippen LogP contribution in [-0.2, 0) is 0 Å². The third-order valence-corrected chi connectivity index (χ3v) is 3.57. The topological polar surface area (TPSA) is 61.3 Å². The molecule has 1 aromatic carbocycles. The Kier molecular flexibility index (Phi) is 4.01. The molecule has 0 amide bonds. The Morgan fingerprint density at radius 2 is 2.00 bits per heavy atom. The smallest absolute Gasteiger partial charge is 0.0953 e. The summed E-state index contributed by atoms with van der Waals surface area (Å²) < 4.78 is 0.952. The zero-order chi connectivity index (χ0) is 14.7. The van der Waals surface area contributed by atoms with Gasteiger partial charge in [0.15, 0.2) is 0 Å². The highest BCUT2D eigenvalue weighted by molar-refractivity contribution is 7.96. The summed E-state index contributed by atoms with van der Waals surface area (Å²) in [5.41, 5.74) is 6.53. The molecule has 2 heterocycles. The molecule has 2 aromatic heterocycles. The van der Waals surface area contributed by atoms with E-state index in [0.29, 0.717) is 0 Å². The minimum Gasteiger partial charge on any atom is -0.285 e. The summed E-state index contributed by atoms with van der Waals surface area (Å²) in [7, 11) is 0. The van der Waals surface area contributed by atoms with E-state index in [4.69, 9.17) is 0 Å². The largest absolute Gasteiger partial charge is 0.285 e. The van der Waals surface area contributed by atoms with Crippen LogP contribution in [0.1, 0.15) is 0 Å². The maximum Gasteiger partial charge on any atom is 0.0953 e. The summed E-state index contributed by atoms with van der Waals surface area (Å²) in [5.74, 6) is 0. The van der Waals surface area contributed by atoms with Crippen LogP contribution in [0.3, 0.4) is 0 Å². The van der Waals surface area contributed by atoms with E-state index in [1.807, 2.05) is 42.6 Å². The molecule has 5 nitrogen and oxygen atoms in total. The SMILES string of the molecule is CSN(O)Nc1ccc(-c2cccnc2)c2cccnc12. The Morgan fingerprint density at radius 1 is 1.14 bits per heavy atom. The molecule has 3 rings (SSSR count). The van der Waals surface area contributed by atoms with Gasteiger partial charge in [0.1, 0.15) is 0 Å². The lowest BCUT2D eigenvalue weighted by atomic mass is 10.0. The molecule has 0 atom stereocenters. The highest BCUT2D eigenvalue weighted by Crippen LogP contribution is 2.31. The lowest BCUT2D eigenvalue weighted by molar-refractivity contribution is 0.0446. The van der Waals surface area contributed by atoms with Crippen molar-refractivity contribution in [3.8, 4) is 11.1 Å². The second-order valence-electron chi connectivity index (χ2n) is 4.37. The number of hydrogen-bond acceptors (Lipinski definition) is 6. The highest BCUT2D eigenvalue weighted by Gasteiger charge is 2.10. The van der Waals surface area contributed by atoms with E-state index in [-0.39, 0.29) is 0 Å². The zero-order valence-electron chi connectivity index (χ0n) is 11.4. The van der Waals surface area contributed by atoms with Crippen LogP contribution in [0.4, 0.5) is 5.69 Å². The molecule has 6 heteroatoms. The van der Waals surface area contributed by atoms with Gasteiger partial charge in [-0.3, -0.25) is 20.6 Å². The van der Waals surface area contributed by atoms with E-state index in [2.05, 4.69) is 15.4 Å². The summed E-state index contributed by atoms with van der Waals surface area (Å²) in [5, 5.41) is 10.6. The fourth-order valence-electron chi connectivity index (χ4n) is 2.19. The fraction of sp³-hybridized carbons (Fsp3) is 0.0667. The number of nitrogens with one attached hydrogen (secondary N) is 1. The Hall–Kier alpha value is -2.15. The summed E-state index contributed by atoms with van der Waals surface area (Å²) in [4.78, 5) is 8.59. The van der Waals surface area contributed by atoms with Gasteiger partial charge in [0.05, 0.1) is 11.2 Å². The second-order valence-corrected chi connectivity index (χ2v) is 5.08. The van der Waals surface area contributed by atoms with Crippen molar-refractivity contribution in [2.24, 2.45) is 0 Å². The van der Waals surface area contributed by atoms with Crippen molar-refractivity contribution in [3.63, 3.8) is 0 Å². The van der Waals surface area contributed by atoms with Crippen LogP contribution in [0, 0.1) is 0 Å². The first-order chi connectivity index (χ1) is 10.3. The minimum atomic E-state index is 0.745. The summed E-state index contributed by atoms with van der Waals surface area (Å²) in [6.07, 6.45) is 7.09. The van der Waals surface area contributed by atoms with Crippen molar-refractivity contribution in [2.75, 3.05) is 11.7 Å². The van der Waals surface area contributed by atoms with E-state index in [0.717, 1.165) is 32.3 Å². The van der Waals surface area contributed by atoms with E-state index >= 15 is 0 Å². The molecule has 0 aliphatic heterocycles. The van der Waals surface area contributed by atoms with Gasteiger partial charge in [-0.05, 0) is 40.3 Å². The highest BCUT2D eigenvalue weighted by atomic mass is 32.2. The average Bonchev–Trinajstić information content (AvgIpc) is 2.56. The molecule has 0 aliphatic carbocycles. The molecule has 0 unspecified atom stereocenters. The van der Waals surface area contributed by atoms with Gasteiger partial charge in [-0.15, -0.1) is 0 Å². The summed E-state index contributed by atoms with van der Waals surface area (Å²) >= 11 is 1.17. The van der Waals surface area contributed by atoms with Gasteiger partial charge < -0.3 is 0 Å². The van der Waals surface area contributed by atoms with Gasteiger partial charge in [-0.1, -0.05) is 18.2 Å². The van der Waals surface area contributed by atoms with Crippen molar-refractivity contribution in [3.05, 3.63) is 55.0 Å². The van der Waals surface area contributed by atoms with Gasteiger partial charge >= 0.3 is 0 Å². The average molecular weight is 298 g/mol. The Morgan fingerprint density at radius 3 is 2.76 bits per heavy atom. The molecular formula is C15H14N4OS. The van der Waals surface area contributed by atoms with E-state index in [9.17, 15) is 5.21 Å². The molecule has 0 bridgehead atoms. The standard InChI is InChI=1S/C15H14N4OS/c1-21-19(20)18-14-7-6-12(11-4-2-8-16-10-11)13-5-3-9-17-15(13)14/h2-10,18,20H,1H3. The van der Waals surface area contributed by atoms with Gasteiger partial charge in [0.25, 0.3) is 0 Å². The van der Waals surface area contributed by atoms with Crippen LogP contribution in [0.2, 0.25) is 0 Å². The number of rotatable bonds is 4. The molecule has 0 aliphatic rings. The minimum absolute atomic E-state index is 0.745. The van der Waals surface area contributed by atoms with Crippen molar-refractivity contribution in [1.82, 2.24) is 14.5 Å². The normalized spacial score (nSPS) is 11.0. The van der Waals surface area contributed by atoms with Crippen LogP contribution in [0.25, 0.3) is 22.0 Å². The fourth-order valence-corrected chi connectivity index (χ4v) is 2.37. The molecule has 21 heavy (non-hydrogen) atoms. The maximum atomic E-state index is 9.60. The third-order valence-electron chi connectivity index (χ3n) is 3.13. The summed E-state index contributed by atoms with van der Waals surface area (Å²) in [6.45, 7) is 0. The van der Waals surface area contributed by atoms with Gasteiger partial charge in [0, 0.05) is 35.8 Å². The maximum absolute atomic E-state index is 9.60. The molecule has 3 aromatic rings. The molecule has 0 saturated carbocycles. The number of pyridine rings is 2. The quantitative estimate of drug-likeness (QED) is 0.567. The predicted molar refractivity (Wildman–Crippen MR) is 85.7 cm³/mol. The molecule has 0 fully saturated rings. The number of hydrazine groups is 1. The first-order valence-corrected chi connectivity index (χ1v) is 7.55. The van der Waals surface area contributed by atoms with Crippen LogP contribution >= 0.6 is 11.9 Å². The third kappa shape index (κ3) is 2.82. The Balaban J connectivity index is 2.15. The van der Waals surface area contributed by atoms with Crippen molar-refractivity contribution < 1.29 is 5.21 Å². The molecule has 2 N–H and O–H groups in total. The Labute approximate surface area is 126 Å². The van der Waals surface area contributed by atoms with Crippen LogP contribution < -0.4 is 5.43 Å². The number of benzene rings is 1. The van der Waals surface area contributed by atoms with Crippen LogP contribution in [0.5, 0.6) is 0 Å². The van der Waals surface area contributed by atoms with Crippen molar-refractivity contribution in [2.45, 2.75) is 0 Å². The number of fused-ring (bicyclic) bond motifs is 1. The molecule has 106 valence electrons. The number of nitrogens with zero attached hydrogens (tertiary/aromatic N) is 3. The van der Waals surface area contributed by atoms with Gasteiger partial charge in [-0.25, -0.2) is 0 Å². The first kappa shape index (κ1) is 13.8.